The maximum atomic E-state index is 4.49. The van der Waals surface area contributed by atoms with Gasteiger partial charge >= 0.3 is 0 Å². The molecule has 0 aliphatic rings. The van der Waals surface area contributed by atoms with Crippen LogP contribution in [0.3, 0.4) is 0 Å². The molecule has 1 atom stereocenters. The first-order chi connectivity index (χ1) is 9.24. The van der Waals surface area contributed by atoms with E-state index in [1.807, 2.05) is 32.4 Å². The third kappa shape index (κ3) is 3.38. The van der Waals surface area contributed by atoms with Crippen molar-refractivity contribution >= 4 is 0 Å². The van der Waals surface area contributed by atoms with Crippen LogP contribution in [-0.2, 0) is 13.0 Å². The van der Waals surface area contributed by atoms with Gasteiger partial charge in [-0.2, -0.15) is 0 Å². The second kappa shape index (κ2) is 6.43. The minimum Gasteiger partial charge on any atom is -0.335 e. The molecule has 0 aromatic carbocycles. The van der Waals surface area contributed by atoms with Crippen molar-refractivity contribution in [3.05, 3.63) is 42.0 Å². The van der Waals surface area contributed by atoms with Crippen LogP contribution in [0.4, 0.5) is 0 Å². The molecule has 0 spiro atoms. The second-order valence-corrected chi connectivity index (χ2v) is 4.61. The monoisotopic (exact) mass is 259 g/mol. The van der Waals surface area contributed by atoms with E-state index in [9.17, 15) is 0 Å². The smallest absolute Gasteiger partial charge is 0.125 e. The molecule has 0 amide bonds. The minimum absolute atomic E-state index is 0.166. The number of aryl methyl sites for hydroxylation is 2. The van der Waals surface area contributed by atoms with E-state index < -0.39 is 0 Å². The topological polar surface area (TPSA) is 55.6 Å². The normalized spacial score (nSPS) is 12.6. The Morgan fingerprint density at radius 3 is 2.84 bits per heavy atom. The average molecular weight is 259 g/mol. The van der Waals surface area contributed by atoms with Crippen molar-refractivity contribution in [2.75, 3.05) is 7.05 Å². The molecule has 0 bridgehead atoms. The molecule has 0 fully saturated rings. The Labute approximate surface area is 114 Å². The molecule has 0 aliphatic carbocycles. The van der Waals surface area contributed by atoms with E-state index in [1.54, 1.807) is 6.20 Å². The van der Waals surface area contributed by atoms with Crippen LogP contribution in [0.2, 0.25) is 0 Å². The molecule has 2 rings (SSSR count). The second-order valence-electron chi connectivity index (χ2n) is 4.61. The summed E-state index contributed by atoms with van der Waals surface area (Å²) < 4.78 is 2.21. The molecule has 2 aromatic heterocycles. The summed E-state index contributed by atoms with van der Waals surface area (Å²) in [6.45, 7) is 5.09. The van der Waals surface area contributed by atoms with Crippen LogP contribution in [0.5, 0.6) is 0 Å². The lowest BCUT2D eigenvalue weighted by atomic mass is 10.1. The molecule has 0 saturated carbocycles. The van der Waals surface area contributed by atoms with Gasteiger partial charge in [-0.25, -0.2) is 15.0 Å². The first-order valence-electron chi connectivity index (χ1n) is 6.71. The summed E-state index contributed by atoms with van der Waals surface area (Å²) in [7, 11) is 1.95. The predicted molar refractivity (Wildman–Crippen MR) is 74.8 cm³/mol. The van der Waals surface area contributed by atoms with Gasteiger partial charge in [0, 0.05) is 31.6 Å². The van der Waals surface area contributed by atoms with Gasteiger partial charge in [0.25, 0.3) is 0 Å². The third-order valence-corrected chi connectivity index (χ3v) is 3.16. The standard InChI is InChI=1S/C14H21N5/c1-4-8-19-9-7-17-14(19)10-13(15-3)12-5-6-16-11(2)18-12/h5-7,9,13,15H,4,8,10H2,1-3H3. The van der Waals surface area contributed by atoms with E-state index >= 15 is 0 Å². The summed E-state index contributed by atoms with van der Waals surface area (Å²) in [6.07, 6.45) is 7.65. The summed E-state index contributed by atoms with van der Waals surface area (Å²) in [4.78, 5) is 13.1. The van der Waals surface area contributed by atoms with Crippen molar-refractivity contribution in [2.24, 2.45) is 0 Å². The molecule has 2 aromatic rings. The molecule has 102 valence electrons. The molecule has 5 nitrogen and oxygen atoms in total. The van der Waals surface area contributed by atoms with E-state index in [2.05, 4.69) is 31.8 Å². The van der Waals surface area contributed by atoms with Crippen LogP contribution < -0.4 is 5.32 Å². The fourth-order valence-electron chi connectivity index (χ4n) is 2.18. The summed E-state index contributed by atoms with van der Waals surface area (Å²) in [5, 5.41) is 3.31. The Bertz CT molecular complexity index is 520. The van der Waals surface area contributed by atoms with E-state index in [0.717, 1.165) is 36.7 Å². The zero-order chi connectivity index (χ0) is 13.7. The van der Waals surface area contributed by atoms with Gasteiger partial charge < -0.3 is 9.88 Å². The molecule has 1 N–H and O–H groups in total. The summed E-state index contributed by atoms with van der Waals surface area (Å²) in [5.74, 6) is 1.90. The van der Waals surface area contributed by atoms with E-state index in [4.69, 9.17) is 0 Å². The molecule has 0 radical (unpaired) electrons. The van der Waals surface area contributed by atoms with Crippen molar-refractivity contribution < 1.29 is 0 Å². The van der Waals surface area contributed by atoms with E-state index in [0.29, 0.717) is 0 Å². The van der Waals surface area contributed by atoms with Gasteiger partial charge in [-0.3, -0.25) is 0 Å². The van der Waals surface area contributed by atoms with Crippen LogP contribution in [-0.4, -0.2) is 26.6 Å². The van der Waals surface area contributed by atoms with Crippen LogP contribution in [0.15, 0.2) is 24.7 Å². The molecular formula is C14H21N5. The quantitative estimate of drug-likeness (QED) is 0.860. The van der Waals surface area contributed by atoms with Crippen molar-refractivity contribution in [1.29, 1.82) is 0 Å². The predicted octanol–water partition coefficient (Wildman–Crippen LogP) is 1.89. The van der Waals surface area contributed by atoms with Gasteiger partial charge in [0.15, 0.2) is 0 Å². The highest BCUT2D eigenvalue weighted by molar-refractivity contribution is 5.10. The van der Waals surface area contributed by atoms with Gasteiger partial charge in [-0.1, -0.05) is 6.92 Å². The number of imidazole rings is 1. The maximum absolute atomic E-state index is 4.49. The molecule has 5 heteroatoms. The lowest BCUT2D eigenvalue weighted by molar-refractivity contribution is 0.530. The van der Waals surface area contributed by atoms with Gasteiger partial charge in [-0.15, -0.1) is 0 Å². The highest BCUT2D eigenvalue weighted by Crippen LogP contribution is 2.15. The van der Waals surface area contributed by atoms with E-state index in [-0.39, 0.29) is 6.04 Å². The number of aromatic nitrogens is 4. The Morgan fingerprint density at radius 2 is 2.16 bits per heavy atom. The van der Waals surface area contributed by atoms with Crippen LogP contribution in [0.25, 0.3) is 0 Å². The molecule has 19 heavy (non-hydrogen) atoms. The van der Waals surface area contributed by atoms with Gasteiger partial charge in [0.2, 0.25) is 0 Å². The SMILES string of the molecule is CCCn1ccnc1CC(NC)c1ccnc(C)n1. The van der Waals surface area contributed by atoms with Crippen LogP contribution >= 0.6 is 0 Å². The third-order valence-electron chi connectivity index (χ3n) is 3.16. The lowest BCUT2D eigenvalue weighted by Crippen LogP contribution is -2.22. The summed E-state index contributed by atoms with van der Waals surface area (Å²) in [6, 6.07) is 2.13. The highest BCUT2D eigenvalue weighted by atomic mass is 15.1. The number of hydrogen-bond donors (Lipinski definition) is 1. The Balaban J connectivity index is 2.17. The number of hydrogen-bond acceptors (Lipinski definition) is 4. The number of nitrogens with one attached hydrogen (secondary N) is 1. The molecule has 0 aliphatic heterocycles. The number of rotatable bonds is 6. The van der Waals surface area contributed by atoms with Gasteiger partial charge in [-0.05, 0) is 26.5 Å². The largest absolute Gasteiger partial charge is 0.335 e. The Kier molecular flexibility index (Phi) is 4.63. The molecule has 2 heterocycles. The first kappa shape index (κ1) is 13.7. The van der Waals surface area contributed by atoms with Crippen molar-refractivity contribution in [1.82, 2.24) is 24.8 Å². The molecular weight excluding hydrogens is 238 g/mol. The molecule has 0 saturated heterocycles. The maximum Gasteiger partial charge on any atom is 0.125 e. The van der Waals surface area contributed by atoms with Crippen molar-refractivity contribution in [2.45, 2.75) is 39.3 Å². The van der Waals surface area contributed by atoms with E-state index in [1.165, 1.54) is 0 Å². The van der Waals surface area contributed by atoms with Crippen molar-refractivity contribution in [3.63, 3.8) is 0 Å². The Morgan fingerprint density at radius 1 is 1.32 bits per heavy atom. The van der Waals surface area contributed by atoms with Crippen LogP contribution in [0.1, 0.15) is 36.7 Å². The summed E-state index contributed by atoms with van der Waals surface area (Å²) in [5.41, 5.74) is 1.01. The van der Waals surface area contributed by atoms with Crippen molar-refractivity contribution in [3.8, 4) is 0 Å². The first-order valence-corrected chi connectivity index (χ1v) is 6.71. The fourth-order valence-corrected chi connectivity index (χ4v) is 2.18. The van der Waals surface area contributed by atoms with Gasteiger partial charge in [0.05, 0.1) is 11.7 Å². The minimum atomic E-state index is 0.166. The number of likely N-dealkylation sites (N-methyl/N-ethyl adjacent to an activating group) is 1. The average Bonchev–Trinajstić information content (AvgIpc) is 2.84. The van der Waals surface area contributed by atoms with Gasteiger partial charge in [0.1, 0.15) is 11.6 Å². The lowest BCUT2D eigenvalue weighted by Gasteiger charge is -2.16. The Hall–Kier alpha value is -1.75. The number of nitrogens with zero attached hydrogens (tertiary/aromatic N) is 4. The zero-order valence-corrected chi connectivity index (χ0v) is 11.8. The zero-order valence-electron chi connectivity index (χ0n) is 11.8. The highest BCUT2D eigenvalue weighted by Gasteiger charge is 2.15. The van der Waals surface area contributed by atoms with Crippen LogP contribution in [0, 0.1) is 6.92 Å². The molecule has 1 unspecified atom stereocenters. The fraction of sp³-hybridized carbons (Fsp3) is 0.500. The summed E-state index contributed by atoms with van der Waals surface area (Å²) >= 11 is 0.